The Bertz CT molecular complexity index is 501. The number of nitrogen functional groups attached to an aromatic ring is 1. The normalized spacial score (nSPS) is 18.1. The lowest BCUT2D eigenvalue weighted by molar-refractivity contribution is 0.0352. The summed E-state index contributed by atoms with van der Waals surface area (Å²) in [6.07, 6.45) is 1.83. The van der Waals surface area contributed by atoms with Crippen LogP contribution in [0, 0.1) is 0 Å². The Hall–Kier alpha value is -1.27. The van der Waals surface area contributed by atoms with Crippen LogP contribution < -0.4 is 15.4 Å². The van der Waals surface area contributed by atoms with Gasteiger partial charge >= 0.3 is 0 Å². The number of nitrogens with two attached hydrogens (primary N) is 1. The Morgan fingerprint density at radius 2 is 2.10 bits per heavy atom. The van der Waals surface area contributed by atoms with Crippen LogP contribution in [-0.4, -0.2) is 36.7 Å². The molecular formula is C14H22N2O3S. The fraction of sp³-hybridized carbons (Fsp3) is 0.643. The number of hydrogen-bond donors (Lipinski definition) is 2. The van der Waals surface area contributed by atoms with Crippen molar-refractivity contribution in [2.24, 2.45) is 0 Å². The van der Waals surface area contributed by atoms with Crippen molar-refractivity contribution < 1.29 is 14.6 Å². The van der Waals surface area contributed by atoms with Crippen molar-refractivity contribution in [3.63, 3.8) is 0 Å². The standard InChI is InChI=1S/C14H22N2O3S/c1-4-9(17)12-10(15)11(19-3)13(20-12)16-7-5-14(2,18)6-8-16/h18H,4-8,15H2,1-3H3. The van der Waals surface area contributed by atoms with Crippen molar-refractivity contribution in [2.45, 2.75) is 38.7 Å². The number of hydrogen-bond acceptors (Lipinski definition) is 6. The smallest absolute Gasteiger partial charge is 0.177 e. The highest BCUT2D eigenvalue weighted by atomic mass is 32.1. The molecule has 0 aromatic carbocycles. The Labute approximate surface area is 123 Å². The number of carbonyl (C=O) groups is 1. The summed E-state index contributed by atoms with van der Waals surface area (Å²) in [4.78, 5) is 14.6. The van der Waals surface area contributed by atoms with Gasteiger partial charge in [-0.1, -0.05) is 6.92 Å². The van der Waals surface area contributed by atoms with Crippen molar-refractivity contribution >= 4 is 27.8 Å². The highest BCUT2D eigenvalue weighted by molar-refractivity contribution is 7.19. The highest BCUT2D eigenvalue weighted by Crippen LogP contribution is 2.46. The number of aliphatic hydroxyl groups is 1. The zero-order chi connectivity index (χ0) is 14.9. The minimum absolute atomic E-state index is 0.0426. The van der Waals surface area contributed by atoms with E-state index in [-0.39, 0.29) is 5.78 Å². The molecule has 0 amide bonds. The number of piperidine rings is 1. The maximum absolute atomic E-state index is 11.9. The van der Waals surface area contributed by atoms with Gasteiger partial charge in [0.15, 0.2) is 11.5 Å². The first-order chi connectivity index (χ1) is 9.39. The first-order valence-electron chi connectivity index (χ1n) is 6.86. The molecule has 0 bridgehead atoms. The summed E-state index contributed by atoms with van der Waals surface area (Å²) in [6.45, 7) is 5.16. The van der Waals surface area contributed by atoms with Crippen molar-refractivity contribution in [1.29, 1.82) is 0 Å². The van der Waals surface area contributed by atoms with Crippen molar-refractivity contribution in [2.75, 3.05) is 30.8 Å². The topological polar surface area (TPSA) is 75.8 Å². The SMILES string of the molecule is CCC(=O)c1sc(N2CCC(C)(O)CC2)c(OC)c1N. The summed E-state index contributed by atoms with van der Waals surface area (Å²) in [7, 11) is 1.57. The number of nitrogens with zero attached hydrogens (tertiary/aromatic N) is 1. The van der Waals surface area contributed by atoms with Crippen LogP contribution in [0.1, 0.15) is 42.8 Å². The fourth-order valence-corrected chi connectivity index (χ4v) is 3.63. The van der Waals surface area contributed by atoms with Gasteiger partial charge in [0.25, 0.3) is 0 Å². The molecule has 0 radical (unpaired) electrons. The summed E-state index contributed by atoms with van der Waals surface area (Å²) in [5, 5.41) is 10.9. The lowest BCUT2D eigenvalue weighted by atomic mass is 9.94. The van der Waals surface area contributed by atoms with E-state index in [2.05, 4.69) is 4.90 Å². The molecule has 0 unspecified atom stereocenters. The zero-order valence-electron chi connectivity index (χ0n) is 12.2. The number of rotatable bonds is 4. The second kappa shape index (κ2) is 5.61. The first-order valence-corrected chi connectivity index (χ1v) is 7.68. The minimum Gasteiger partial charge on any atom is -0.492 e. The van der Waals surface area contributed by atoms with E-state index in [1.807, 2.05) is 13.8 Å². The number of anilines is 2. The molecule has 1 aliphatic heterocycles. The molecule has 1 aromatic rings. The maximum atomic E-state index is 11.9. The number of ether oxygens (including phenoxy) is 1. The molecule has 112 valence electrons. The lowest BCUT2D eigenvalue weighted by Gasteiger charge is -2.36. The molecule has 0 atom stereocenters. The number of Topliss-reactive ketones (excluding diaryl/α,β-unsaturated/α-hetero) is 1. The van der Waals surface area contributed by atoms with Gasteiger partial charge in [0, 0.05) is 19.5 Å². The summed E-state index contributed by atoms with van der Waals surface area (Å²) in [5.74, 6) is 0.634. The molecule has 20 heavy (non-hydrogen) atoms. The zero-order valence-corrected chi connectivity index (χ0v) is 13.0. The van der Waals surface area contributed by atoms with Gasteiger partial charge in [-0.25, -0.2) is 0 Å². The minimum atomic E-state index is -0.603. The molecule has 6 heteroatoms. The molecule has 0 saturated carbocycles. The highest BCUT2D eigenvalue weighted by Gasteiger charge is 2.31. The second-order valence-corrected chi connectivity index (χ2v) is 6.44. The van der Waals surface area contributed by atoms with Gasteiger partial charge in [-0.15, -0.1) is 11.3 Å². The number of ketones is 1. The van der Waals surface area contributed by atoms with Gasteiger partial charge in [0.1, 0.15) is 5.00 Å². The van der Waals surface area contributed by atoms with Crippen molar-refractivity contribution in [1.82, 2.24) is 0 Å². The van der Waals surface area contributed by atoms with Crippen LogP contribution in [0.15, 0.2) is 0 Å². The third kappa shape index (κ3) is 2.76. The van der Waals surface area contributed by atoms with E-state index < -0.39 is 5.60 Å². The maximum Gasteiger partial charge on any atom is 0.177 e. The molecule has 1 aliphatic rings. The molecule has 0 aliphatic carbocycles. The molecular weight excluding hydrogens is 276 g/mol. The second-order valence-electron chi connectivity index (χ2n) is 5.44. The third-order valence-corrected chi connectivity index (χ3v) is 5.08. The lowest BCUT2D eigenvalue weighted by Crippen LogP contribution is -2.42. The Balaban J connectivity index is 2.30. The van der Waals surface area contributed by atoms with E-state index in [0.717, 1.165) is 18.1 Å². The molecule has 0 spiro atoms. The molecule has 5 nitrogen and oxygen atoms in total. The average molecular weight is 298 g/mol. The predicted octanol–water partition coefficient (Wildman–Crippen LogP) is 2.28. The quantitative estimate of drug-likeness (QED) is 0.834. The van der Waals surface area contributed by atoms with Gasteiger partial charge < -0.3 is 20.5 Å². The first kappa shape index (κ1) is 15.1. The molecule has 1 fully saturated rings. The van der Waals surface area contributed by atoms with Crippen LogP contribution in [0.25, 0.3) is 0 Å². The monoisotopic (exact) mass is 298 g/mol. The third-order valence-electron chi connectivity index (χ3n) is 3.79. The van der Waals surface area contributed by atoms with E-state index in [1.54, 1.807) is 7.11 Å². The molecule has 2 rings (SSSR count). The van der Waals surface area contributed by atoms with Crippen LogP contribution in [0.5, 0.6) is 5.75 Å². The number of thiophene rings is 1. The van der Waals surface area contributed by atoms with Crippen LogP contribution in [0.2, 0.25) is 0 Å². The molecule has 2 heterocycles. The predicted molar refractivity (Wildman–Crippen MR) is 82.0 cm³/mol. The number of carbonyl (C=O) groups excluding carboxylic acids is 1. The summed E-state index contributed by atoms with van der Waals surface area (Å²) in [5.41, 5.74) is 5.88. The van der Waals surface area contributed by atoms with Gasteiger partial charge in [0.2, 0.25) is 0 Å². The van der Waals surface area contributed by atoms with Crippen molar-refractivity contribution in [3.8, 4) is 5.75 Å². The van der Waals surface area contributed by atoms with Gasteiger partial charge in [-0.3, -0.25) is 4.79 Å². The largest absolute Gasteiger partial charge is 0.492 e. The van der Waals surface area contributed by atoms with E-state index in [4.69, 9.17) is 10.5 Å². The summed E-state index contributed by atoms with van der Waals surface area (Å²) >= 11 is 1.39. The van der Waals surface area contributed by atoms with Crippen LogP contribution in [0.4, 0.5) is 10.7 Å². The van der Waals surface area contributed by atoms with Crippen LogP contribution in [0.3, 0.4) is 0 Å². The van der Waals surface area contributed by atoms with Crippen LogP contribution in [-0.2, 0) is 0 Å². The van der Waals surface area contributed by atoms with Gasteiger partial charge in [-0.05, 0) is 19.8 Å². The number of methoxy groups -OCH3 is 1. The molecule has 3 N–H and O–H groups in total. The summed E-state index contributed by atoms with van der Waals surface area (Å²) in [6, 6.07) is 0. The van der Waals surface area contributed by atoms with E-state index in [1.165, 1.54) is 11.3 Å². The van der Waals surface area contributed by atoms with E-state index >= 15 is 0 Å². The average Bonchev–Trinajstić information content (AvgIpc) is 2.75. The Morgan fingerprint density at radius 1 is 1.50 bits per heavy atom. The van der Waals surface area contributed by atoms with E-state index in [0.29, 0.717) is 35.6 Å². The summed E-state index contributed by atoms with van der Waals surface area (Å²) < 4.78 is 5.39. The van der Waals surface area contributed by atoms with Crippen molar-refractivity contribution in [3.05, 3.63) is 4.88 Å². The molecule has 1 aromatic heterocycles. The molecule has 1 saturated heterocycles. The fourth-order valence-electron chi connectivity index (χ4n) is 2.38. The Morgan fingerprint density at radius 3 is 2.60 bits per heavy atom. The van der Waals surface area contributed by atoms with Crippen LogP contribution >= 0.6 is 11.3 Å². The van der Waals surface area contributed by atoms with Gasteiger partial charge in [-0.2, -0.15) is 0 Å². The van der Waals surface area contributed by atoms with E-state index in [9.17, 15) is 9.90 Å². The van der Waals surface area contributed by atoms with Gasteiger partial charge in [0.05, 0.1) is 23.3 Å². The Kier molecular flexibility index (Phi) is 4.25.